The van der Waals surface area contributed by atoms with Crippen LogP contribution < -0.4 is 15.0 Å². The number of carbonyl (C=O) groups is 4. The maximum atomic E-state index is 14.2. The van der Waals surface area contributed by atoms with Crippen molar-refractivity contribution in [1.29, 1.82) is 0 Å². The number of rotatable bonds is 10. The Morgan fingerprint density at radius 3 is 2.59 bits per heavy atom. The van der Waals surface area contributed by atoms with Gasteiger partial charge in [0.15, 0.2) is 5.72 Å². The fourth-order valence-corrected chi connectivity index (χ4v) is 9.06. The van der Waals surface area contributed by atoms with E-state index in [2.05, 4.69) is 5.32 Å². The van der Waals surface area contributed by atoms with Gasteiger partial charge in [-0.05, 0) is 57.6 Å². The average Bonchev–Trinajstić information content (AvgIpc) is 3.82. The van der Waals surface area contributed by atoms with Crippen LogP contribution in [0, 0.1) is 5.92 Å². The number of nitrogens with zero attached hydrogens (tertiary/aromatic N) is 2. The lowest BCUT2D eigenvalue weighted by Gasteiger charge is -2.42. The van der Waals surface area contributed by atoms with Gasteiger partial charge in [0.2, 0.25) is 11.8 Å². The molecule has 4 bridgehead atoms. The third-order valence-corrected chi connectivity index (χ3v) is 13.2. The molecule has 3 heterocycles. The molecule has 54 heavy (non-hydrogen) atoms. The summed E-state index contributed by atoms with van der Waals surface area (Å²) in [6.07, 6.45) is 3.89. The number of ether oxygens (including phenoxy) is 5. The lowest BCUT2D eigenvalue weighted by molar-refractivity contribution is -0.162. The van der Waals surface area contributed by atoms with Crippen LogP contribution in [0.15, 0.2) is 35.9 Å². The van der Waals surface area contributed by atoms with Crippen molar-refractivity contribution < 1.29 is 48.0 Å². The van der Waals surface area contributed by atoms with Crippen molar-refractivity contribution in [3.8, 4) is 5.75 Å². The number of anilines is 1. The fraction of sp³-hybridized carbons (Fsp3) is 0.632. The minimum atomic E-state index is -1.82. The number of aliphatic hydroxyl groups is 1. The zero-order valence-corrected chi connectivity index (χ0v) is 35.1. The van der Waals surface area contributed by atoms with Crippen molar-refractivity contribution in [2.24, 2.45) is 5.92 Å². The summed E-state index contributed by atoms with van der Waals surface area (Å²) in [4.78, 5) is 56.7. The minimum Gasteiger partial charge on any atom is -0.495 e. The molecule has 0 aliphatic carbocycles. The number of likely N-dealkylation sites (N-methyl/N-ethyl adjacent to an activating group) is 1. The molecule has 0 unspecified atom stereocenters. The highest BCUT2D eigenvalue weighted by atomic mass is 35.5. The molecule has 0 saturated carbocycles. The topological polar surface area (TPSA) is 156 Å². The van der Waals surface area contributed by atoms with Gasteiger partial charge in [0, 0.05) is 45.2 Å². The summed E-state index contributed by atoms with van der Waals surface area (Å²) < 4.78 is 29.3. The van der Waals surface area contributed by atoms with Gasteiger partial charge in [0.1, 0.15) is 40.7 Å². The minimum absolute atomic E-state index is 0.0460. The predicted octanol–water partition coefficient (Wildman–Crippen LogP) is 5.69. The molecule has 2 fully saturated rings. The Morgan fingerprint density at radius 2 is 1.94 bits per heavy atom. The van der Waals surface area contributed by atoms with Gasteiger partial charge >= 0.3 is 12.1 Å². The lowest BCUT2D eigenvalue weighted by Crippen LogP contribution is -2.63. The third-order valence-electron chi connectivity index (χ3n) is 10.5. The fourth-order valence-electron chi connectivity index (χ4n) is 6.93. The Balaban J connectivity index is 1.72. The molecule has 3 aliphatic heterocycles. The Labute approximate surface area is 331 Å². The highest BCUT2D eigenvalue weighted by Gasteiger charge is 2.64. The smallest absolute Gasteiger partial charge is 0.409 e. The quantitative estimate of drug-likeness (QED) is 0.169. The van der Waals surface area contributed by atoms with Crippen LogP contribution >= 0.6 is 33.2 Å². The number of fused-ring (bicyclic) bond motifs is 5. The van der Waals surface area contributed by atoms with Crippen LogP contribution in [-0.4, -0.2) is 115 Å². The number of allylic oxidation sites excluding steroid dienone is 3. The first-order chi connectivity index (χ1) is 25.4. The van der Waals surface area contributed by atoms with E-state index in [1.54, 1.807) is 73.8 Å². The number of benzene rings is 1. The number of methoxy groups -OCH3 is 2. The van der Waals surface area contributed by atoms with Crippen molar-refractivity contribution in [3.05, 3.63) is 46.5 Å². The van der Waals surface area contributed by atoms with E-state index in [-0.39, 0.29) is 35.4 Å². The molecule has 1 aromatic rings. The number of nitrogens with one attached hydrogen (secondary N) is 1. The largest absolute Gasteiger partial charge is 0.495 e. The summed E-state index contributed by atoms with van der Waals surface area (Å²) in [6, 6.07) is 2.63. The molecule has 2 saturated heterocycles. The lowest BCUT2D eigenvalue weighted by atomic mass is 9.83. The number of amides is 3. The van der Waals surface area contributed by atoms with Crippen molar-refractivity contribution in [3.63, 3.8) is 0 Å². The number of alkyl carbamates (subject to hydrolysis) is 1. The molecule has 0 aromatic heterocycles. The van der Waals surface area contributed by atoms with Crippen molar-refractivity contribution in [1.82, 2.24) is 10.2 Å². The molecular weight excluding hydrogens is 758 g/mol. The molecule has 3 aliphatic rings. The van der Waals surface area contributed by atoms with E-state index >= 15 is 0 Å². The standard InChI is InChI=1S/C38H54ClN3O10S2/c1-21-12-11-13-29(49-9)38(47)20-28(50-36(46)40-38)23(3)34-37(5,52-34)30(51-35(45)24(4)41(6)31(43)15-14-22(2)54-53-10)19-32(44)42(7)26-17-25(16-21)18-27(48-8)33(26)39/h11-13,17-18,22-24,28-30,34,47H,14-16,19-20H2,1-10H3,(H,40,46)/b13-11+,21-12+/t22-,23-,24+,28+,29-,30+,34+,37+,38+/m1/s1. The normalized spacial score (nSPS) is 31.4. The van der Waals surface area contributed by atoms with Gasteiger partial charge < -0.3 is 38.6 Å². The first-order valence-electron chi connectivity index (χ1n) is 17.9. The average molecular weight is 812 g/mol. The number of hydrogen-bond acceptors (Lipinski definition) is 12. The van der Waals surface area contributed by atoms with Crippen LogP contribution in [0.2, 0.25) is 5.02 Å². The van der Waals surface area contributed by atoms with Crippen LogP contribution in [0.3, 0.4) is 0 Å². The number of carbonyl (C=O) groups excluding carboxylic acids is 4. The molecule has 4 rings (SSSR count). The van der Waals surface area contributed by atoms with Gasteiger partial charge in [-0.2, -0.15) is 0 Å². The molecular formula is C38H54ClN3O10S2. The first kappa shape index (κ1) is 43.8. The molecule has 13 nitrogen and oxygen atoms in total. The van der Waals surface area contributed by atoms with E-state index < -0.39 is 65.7 Å². The molecule has 0 radical (unpaired) electrons. The second kappa shape index (κ2) is 18.3. The monoisotopic (exact) mass is 811 g/mol. The maximum absolute atomic E-state index is 14.2. The molecule has 9 atom stereocenters. The van der Waals surface area contributed by atoms with E-state index in [9.17, 15) is 24.3 Å². The second-order valence-electron chi connectivity index (χ2n) is 14.5. The highest BCUT2D eigenvalue weighted by Crippen LogP contribution is 2.49. The van der Waals surface area contributed by atoms with Crippen molar-refractivity contribution >= 4 is 62.8 Å². The van der Waals surface area contributed by atoms with E-state index in [0.717, 1.165) is 11.1 Å². The number of epoxide rings is 1. The number of hydrogen-bond donors (Lipinski definition) is 2. The van der Waals surface area contributed by atoms with Crippen LogP contribution in [-0.2, 0) is 39.8 Å². The zero-order valence-electron chi connectivity index (χ0n) is 32.7. The van der Waals surface area contributed by atoms with Crippen molar-refractivity contribution in [2.75, 3.05) is 39.5 Å². The SMILES string of the molecule is COc1cc2cc(c1Cl)N(C)C(=O)C[C@H](OC(=O)[C@H](C)N(C)C(=O)CC[C@@H](C)SSC)[C@]1(C)O[C@H]1[C@H](C)[C@@H]1C[C@@](O)(NC(=O)O1)[C@H](OC)/C=C/C=C(\C)C2. The summed E-state index contributed by atoms with van der Waals surface area (Å²) in [7, 11) is 9.38. The number of halogens is 1. The zero-order chi connectivity index (χ0) is 40.1. The highest BCUT2D eigenvalue weighted by molar-refractivity contribution is 8.76. The summed E-state index contributed by atoms with van der Waals surface area (Å²) in [6.45, 7) is 9.09. The summed E-state index contributed by atoms with van der Waals surface area (Å²) in [5, 5.41) is 14.8. The summed E-state index contributed by atoms with van der Waals surface area (Å²) >= 11 is 6.77. The van der Waals surface area contributed by atoms with E-state index in [0.29, 0.717) is 24.3 Å². The summed E-state index contributed by atoms with van der Waals surface area (Å²) in [5.41, 5.74) is -0.890. The summed E-state index contributed by atoms with van der Waals surface area (Å²) in [5.74, 6) is -1.48. The molecule has 300 valence electrons. The van der Waals surface area contributed by atoms with Crippen LogP contribution in [0.25, 0.3) is 0 Å². The second-order valence-corrected chi connectivity index (χ2v) is 17.8. The van der Waals surface area contributed by atoms with Crippen LogP contribution in [0.1, 0.15) is 65.9 Å². The first-order valence-corrected chi connectivity index (χ1v) is 20.9. The Morgan fingerprint density at radius 1 is 1.24 bits per heavy atom. The van der Waals surface area contributed by atoms with E-state index in [1.165, 1.54) is 24.0 Å². The predicted molar refractivity (Wildman–Crippen MR) is 211 cm³/mol. The molecule has 16 heteroatoms. The van der Waals surface area contributed by atoms with Gasteiger partial charge in [-0.3, -0.25) is 14.9 Å². The van der Waals surface area contributed by atoms with Gasteiger partial charge in [-0.25, -0.2) is 9.59 Å². The van der Waals surface area contributed by atoms with Crippen molar-refractivity contribution in [2.45, 2.75) is 114 Å². The number of esters is 1. The van der Waals surface area contributed by atoms with E-state index in [1.807, 2.05) is 33.1 Å². The van der Waals surface area contributed by atoms with Crippen LogP contribution in [0.4, 0.5) is 10.5 Å². The van der Waals surface area contributed by atoms with Gasteiger partial charge in [-0.1, -0.05) is 70.8 Å². The Hall–Kier alpha value is -2.95. The van der Waals surface area contributed by atoms with Gasteiger partial charge in [0.25, 0.3) is 0 Å². The maximum Gasteiger partial charge on any atom is 0.409 e. The molecule has 3 amide bonds. The van der Waals surface area contributed by atoms with Gasteiger partial charge in [-0.15, -0.1) is 0 Å². The van der Waals surface area contributed by atoms with Crippen LogP contribution in [0.5, 0.6) is 5.75 Å². The third kappa shape index (κ3) is 10.1. The molecule has 0 spiro atoms. The molecule has 2 N–H and O–H groups in total. The van der Waals surface area contributed by atoms with Gasteiger partial charge in [0.05, 0.1) is 25.3 Å². The molecule has 1 aromatic carbocycles. The Bertz CT molecular complexity index is 1630. The Kier molecular flexibility index (Phi) is 14.9. The van der Waals surface area contributed by atoms with E-state index in [4.69, 9.17) is 35.3 Å².